The van der Waals surface area contributed by atoms with Crippen LogP contribution in [0, 0.1) is 0 Å². The minimum Gasteiger partial charge on any atom is -0.495 e. The molecule has 4 heteroatoms. The molecule has 0 N–H and O–H groups in total. The number of hydrogen-bond donors (Lipinski definition) is 1. The standard InChI is InChI=1S/C8H9BrO2S/c1-10-5-3-4-6(12)8(11-2)7(5)9/h3-4,12H,1-2H3. The van der Waals surface area contributed by atoms with Gasteiger partial charge in [-0.2, -0.15) is 0 Å². The van der Waals surface area contributed by atoms with Crippen molar-refractivity contribution in [2.24, 2.45) is 0 Å². The molecular weight excluding hydrogens is 240 g/mol. The Morgan fingerprint density at radius 2 is 1.92 bits per heavy atom. The van der Waals surface area contributed by atoms with Gasteiger partial charge in [0, 0.05) is 4.90 Å². The second kappa shape index (κ2) is 4.05. The van der Waals surface area contributed by atoms with Gasteiger partial charge in [-0.25, -0.2) is 0 Å². The molecule has 0 bridgehead atoms. The Kier molecular flexibility index (Phi) is 3.29. The van der Waals surface area contributed by atoms with Crippen LogP contribution in [-0.4, -0.2) is 14.2 Å². The predicted octanol–water partition coefficient (Wildman–Crippen LogP) is 2.76. The van der Waals surface area contributed by atoms with Gasteiger partial charge in [-0.05, 0) is 28.1 Å². The highest BCUT2D eigenvalue weighted by molar-refractivity contribution is 9.10. The Bertz CT molecular complexity index is 289. The first-order valence-corrected chi connectivity index (χ1v) is 4.54. The van der Waals surface area contributed by atoms with Crippen molar-refractivity contribution in [3.8, 4) is 11.5 Å². The van der Waals surface area contributed by atoms with E-state index in [-0.39, 0.29) is 0 Å². The van der Waals surface area contributed by atoms with Gasteiger partial charge >= 0.3 is 0 Å². The van der Waals surface area contributed by atoms with Crippen LogP contribution in [0.5, 0.6) is 11.5 Å². The van der Waals surface area contributed by atoms with Crippen molar-refractivity contribution in [3.05, 3.63) is 16.6 Å². The highest BCUT2D eigenvalue weighted by Gasteiger charge is 2.09. The molecule has 0 spiro atoms. The van der Waals surface area contributed by atoms with Gasteiger partial charge in [-0.15, -0.1) is 12.6 Å². The summed E-state index contributed by atoms with van der Waals surface area (Å²) in [5.41, 5.74) is 0. The van der Waals surface area contributed by atoms with Crippen molar-refractivity contribution in [1.82, 2.24) is 0 Å². The molecule has 0 fully saturated rings. The number of thiol groups is 1. The predicted molar refractivity (Wildman–Crippen MR) is 54.5 cm³/mol. The third-order valence-electron chi connectivity index (χ3n) is 1.46. The molecule has 1 aromatic rings. The molecule has 0 aliphatic heterocycles. The maximum atomic E-state index is 5.11. The van der Waals surface area contributed by atoms with Gasteiger partial charge in [0.15, 0.2) is 0 Å². The summed E-state index contributed by atoms with van der Waals surface area (Å²) in [5, 5.41) is 0. The van der Waals surface area contributed by atoms with E-state index in [1.807, 2.05) is 12.1 Å². The lowest BCUT2D eigenvalue weighted by Crippen LogP contribution is -1.90. The van der Waals surface area contributed by atoms with Crippen LogP contribution in [0.15, 0.2) is 21.5 Å². The van der Waals surface area contributed by atoms with E-state index in [9.17, 15) is 0 Å². The maximum Gasteiger partial charge on any atom is 0.150 e. The second-order valence-electron chi connectivity index (χ2n) is 2.13. The molecule has 66 valence electrons. The van der Waals surface area contributed by atoms with E-state index >= 15 is 0 Å². The highest BCUT2D eigenvalue weighted by Crippen LogP contribution is 2.38. The van der Waals surface area contributed by atoms with Crippen LogP contribution in [0.25, 0.3) is 0 Å². The SMILES string of the molecule is COc1ccc(S)c(OC)c1Br. The Hall–Kier alpha value is -0.350. The van der Waals surface area contributed by atoms with Crippen LogP contribution in [0.1, 0.15) is 0 Å². The van der Waals surface area contributed by atoms with Gasteiger partial charge in [-0.3, -0.25) is 0 Å². The lowest BCUT2D eigenvalue weighted by atomic mass is 10.3. The van der Waals surface area contributed by atoms with E-state index in [2.05, 4.69) is 28.6 Å². The Balaban J connectivity index is 3.24. The summed E-state index contributed by atoms with van der Waals surface area (Å²) in [4.78, 5) is 0.783. The molecule has 0 heterocycles. The Morgan fingerprint density at radius 3 is 2.42 bits per heavy atom. The first-order valence-electron chi connectivity index (χ1n) is 3.30. The van der Waals surface area contributed by atoms with Crippen molar-refractivity contribution in [1.29, 1.82) is 0 Å². The van der Waals surface area contributed by atoms with E-state index < -0.39 is 0 Å². The Morgan fingerprint density at radius 1 is 1.25 bits per heavy atom. The number of benzene rings is 1. The third-order valence-corrected chi connectivity index (χ3v) is 2.57. The van der Waals surface area contributed by atoms with E-state index in [1.54, 1.807) is 14.2 Å². The number of rotatable bonds is 2. The van der Waals surface area contributed by atoms with Crippen molar-refractivity contribution in [2.75, 3.05) is 14.2 Å². The zero-order chi connectivity index (χ0) is 9.14. The van der Waals surface area contributed by atoms with Gasteiger partial charge in [0.2, 0.25) is 0 Å². The molecule has 0 aliphatic carbocycles. The van der Waals surface area contributed by atoms with Crippen molar-refractivity contribution < 1.29 is 9.47 Å². The lowest BCUT2D eigenvalue weighted by Gasteiger charge is -2.09. The smallest absolute Gasteiger partial charge is 0.150 e. The third kappa shape index (κ3) is 1.69. The first-order chi connectivity index (χ1) is 5.70. The highest BCUT2D eigenvalue weighted by atomic mass is 79.9. The van der Waals surface area contributed by atoms with Crippen LogP contribution in [0.4, 0.5) is 0 Å². The summed E-state index contributed by atoms with van der Waals surface area (Å²) >= 11 is 7.58. The summed E-state index contributed by atoms with van der Waals surface area (Å²) in [6.07, 6.45) is 0. The van der Waals surface area contributed by atoms with E-state index in [4.69, 9.17) is 9.47 Å². The van der Waals surface area contributed by atoms with Crippen molar-refractivity contribution in [2.45, 2.75) is 4.90 Å². The van der Waals surface area contributed by atoms with E-state index in [0.717, 1.165) is 15.1 Å². The average molecular weight is 249 g/mol. The minimum absolute atomic E-state index is 0.692. The fraction of sp³-hybridized carbons (Fsp3) is 0.250. The fourth-order valence-electron chi connectivity index (χ4n) is 0.880. The van der Waals surface area contributed by atoms with Gasteiger partial charge in [0.25, 0.3) is 0 Å². The van der Waals surface area contributed by atoms with Gasteiger partial charge in [0.05, 0.1) is 14.2 Å². The summed E-state index contributed by atoms with van der Waals surface area (Å²) in [7, 11) is 3.21. The molecule has 2 nitrogen and oxygen atoms in total. The average Bonchev–Trinajstić information content (AvgIpc) is 2.06. The van der Waals surface area contributed by atoms with Gasteiger partial charge in [0.1, 0.15) is 16.0 Å². The van der Waals surface area contributed by atoms with Crippen LogP contribution in [0.3, 0.4) is 0 Å². The molecule has 0 amide bonds. The van der Waals surface area contributed by atoms with Crippen LogP contribution in [-0.2, 0) is 0 Å². The molecule has 0 aromatic heterocycles. The van der Waals surface area contributed by atoms with Crippen molar-refractivity contribution in [3.63, 3.8) is 0 Å². The van der Waals surface area contributed by atoms with Crippen LogP contribution in [0.2, 0.25) is 0 Å². The second-order valence-corrected chi connectivity index (χ2v) is 3.41. The fourth-order valence-corrected chi connectivity index (χ4v) is 1.98. The first kappa shape index (κ1) is 9.74. The molecule has 0 saturated carbocycles. The zero-order valence-corrected chi connectivity index (χ0v) is 9.28. The minimum atomic E-state index is 0.692. The Labute approximate surface area is 85.4 Å². The lowest BCUT2D eigenvalue weighted by molar-refractivity contribution is 0.383. The summed E-state index contributed by atoms with van der Waals surface area (Å²) in [6.45, 7) is 0. The van der Waals surface area contributed by atoms with Gasteiger partial charge < -0.3 is 9.47 Å². The molecule has 0 unspecified atom stereocenters. The van der Waals surface area contributed by atoms with Crippen LogP contribution >= 0.6 is 28.6 Å². The topological polar surface area (TPSA) is 18.5 Å². The molecule has 0 saturated heterocycles. The van der Waals surface area contributed by atoms with Gasteiger partial charge in [-0.1, -0.05) is 0 Å². The number of ether oxygens (including phenoxy) is 2. The zero-order valence-electron chi connectivity index (χ0n) is 6.80. The monoisotopic (exact) mass is 248 g/mol. The normalized spacial score (nSPS) is 9.67. The molecule has 0 atom stereocenters. The molecule has 1 aromatic carbocycles. The van der Waals surface area contributed by atoms with E-state index in [1.165, 1.54) is 0 Å². The van der Waals surface area contributed by atoms with E-state index in [0.29, 0.717) is 5.75 Å². The van der Waals surface area contributed by atoms with Crippen molar-refractivity contribution >= 4 is 28.6 Å². The number of hydrogen-bond acceptors (Lipinski definition) is 3. The summed E-state index contributed by atoms with van der Waals surface area (Å²) in [6, 6.07) is 3.65. The number of methoxy groups -OCH3 is 2. The molecule has 1 rings (SSSR count). The van der Waals surface area contributed by atoms with Crippen LogP contribution < -0.4 is 9.47 Å². The molecule has 0 radical (unpaired) electrons. The summed E-state index contributed by atoms with van der Waals surface area (Å²) in [5.74, 6) is 1.43. The maximum absolute atomic E-state index is 5.11. The largest absolute Gasteiger partial charge is 0.495 e. The quantitative estimate of drug-likeness (QED) is 0.812. The molecule has 12 heavy (non-hydrogen) atoms. The molecule has 0 aliphatic rings. The number of halogens is 1. The molecular formula is C8H9BrO2S. The summed E-state index contributed by atoms with van der Waals surface area (Å²) < 4.78 is 11.0.